The van der Waals surface area contributed by atoms with Crippen LogP contribution in [0.4, 0.5) is 5.69 Å². The molecule has 0 aliphatic carbocycles. The van der Waals surface area contributed by atoms with Gasteiger partial charge in [-0.15, -0.1) is 12.3 Å². The van der Waals surface area contributed by atoms with Gasteiger partial charge in [0.1, 0.15) is 0 Å². The smallest absolute Gasteiger partial charge is 0.255 e. The number of amides is 1. The summed E-state index contributed by atoms with van der Waals surface area (Å²) in [4.78, 5) is 11.9. The molecule has 0 atom stereocenters. The zero-order valence-electron chi connectivity index (χ0n) is 9.81. The van der Waals surface area contributed by atoms with Gasteiger partial charge in [-0.2, -0.15) is 0 Å². The number of terminal acetylenes is 1. The first-order valence-electron chi connectivity index (χ1n) is 5.40. The fourth-order valence-corrected chi connectivity index (χ4v) is 1.31. The highest BCUT2D eigenvalue weighted by atomic mass is 16.1. The lowest BCUT2D eigenvalue weighted by molar-refractivity contribution is -0.112. The zero-order chi connectivity index (χ0) is 12.5. The van der Waals surface area contributed by atoms with Crippen LogP contribution in [0.1, 0.15) is 13.3 Å². The molecule has 0 saturated carbocycles. The quantitative estimate of drug-likeness (QED) is 0.476. The minimum absolute atomic E-state index is 0.149. The van der Waals surface area contributed by atoms with Crippen LogP contribution in [-0.4, -0.2) is 5.91 Å². The number of para-hydroxylation sites is 1. The van der Waals surface area contributed by atoms with Gasteiger partial charge in [0, 0.05) is 17.7 Å². The number of allylic oxidation sites excluding steroid dienone is 2. The van der Waals surface area contributed by atoms with Crippen molar-refractivity contribution < 1.29 is 4.79 Å². The summed E-state index contributed by atoms with van der Waals surface area (Å²) >= 11 is 0. The molecule has 0 heterocycles. The van der Waals surface area contributed by atoms with Gasteiger partial charge in [0.15, 0.2) is 0 Å². The Balaban J connectivity index is 2.77. The average molecular weight is 225 g/mol. The third-order valence-electron chi connectivity index (χ3n) is 2.08. The number of nitrogens with one attached hydrogen (secondary N) is 1. The summed E-state index contributed by atoms with van der Waals surface area (Å²) in [5, 5.41) is 2.81. The molecule has 0 aromatic heterocycles. The summed E-state index contributed by atoms with van der Waals surface area (Å²) in [5.74, 6) is 2.34. The predicted octanol–water partition coefficient (Wildman–Crippen LogP) is 3.15. The molecule has 1 rings (SSSR count). The van der Waals surface area contributed by atoms with Gasteiger partial charge < -0.3 is 5.32 Å². The zero-order valence-corrected chi connectivity index (χ0v) is 9.81. The predicted molar refractivity (Wildman–Crippen MR) is 71.4 cm³/mol. The van der Waals surface area contributed by atoms with E-state index < -0.39 is 0 Å². The van der Waals surface area contributed by atoms with E-state index in [1.807, 2.05) is 43.3 Å². The summed E-state index contributed by atoms with van der Waals surface area (Å²) in [6.45, 7) is 1.86. The van der Waals surface area contributed by atoms with Gasteiger partial charge >= 0.3 is 0 Å². The maximum atomic E-state index is 11.9. The monoisotopic (exact) mass is 225 g/mol. The fraction of sp³-hybridized carbons (Fsp3) is 0.133. The summed E-state index contributed by atoms with van der Waals surface area (Å²) in [6.07, 6.45) is 10.9. The van der Waals surface area contributed by atoms with E-state index in [0.29, 0.717) is 12.0 Å². The number of benzene rings is 1. The van der Waals surface area contributed by atoms with E-state index in [9.17, 15) is 4.79 Å². The molecule has 0 radical (unpaired) electrons. The Bertz CT molecular complexity index is 463. The van der Waals surface area contributed by atoms with E-state index in [1.165, 1.54) is 0 Å². The molecular formula is C15H15NO. The van der Waals surface area contributed by atoms with Crippen molar-refractivity contribution in [2.45, 2.75) is 13.3 Å². The molecule has 0 saturated heterocycles. The molecule has 1 N–H and O–H groups in total. The Morgan fingerprint density at radius 3 is 2.71 bits per heavy atom. The average Bonchev–Trinajstić information content (AvgIpc) is 2.35. The summed E-state index contributed by atoms with van der Waals surface area (Å²) < 4.78 is 0. The Labute approximate surface area is 102 Å². The SMILES string of the molecule is C#CC/C=C(\C=C/C)C(=O)Nc1ccccc1. The van der Waals surface area contributed by atoms with Crippen LogP contribution in [0.15, 0.2) is 54.1 Å². The molecule has 2 nitrogen and oxygen atoms in total. The number of carbonyl (C=O) groups is 1. The molecule has 0 bridgehead atoms. The van der Waals surface area contributed by atoms with Crippen LogP contribution in [0.25, 0.3) is 0 Å². The second-order valence-electron chi connectivity index (χ2n) is 3.39. The second kappa shape index (κ2) is 7.08. The van der Waals surface area contributed by atoms with Crippen molar-refractivity contribution in [3.63, 3.8) is 0 Å². The van der Waals surface area contributed by atoms with Crippen molar-refractivity contribution in [1.82, 2.24) is 0 Å². The Kier molecular flexibility index (Phi) is 5.33. The lowest BCUT2D eigenvalue weighted by Crippen LogP contribution is -2.13. The van der Waals surface area contributed by atoms with Crippen molar-refractivity contribution in [3.8, 4) is 12.3 Å². The molecule has 0 fully saturated rings. The summed E-state index contributed by atoms with van der Waals surface area (Å²) in [5.41, 5.74) is 1.35. The minimum atomic E-state index is -0.149. The lowest BCUT2D eigenvalue weighted by atomic mass is 10.2. The van der Waals surface area contributed by atoms with Gasteiger partial charge in [0.25, 0.3) is 5.91 Å². The molecule has 1 aromatic rings. The molecule has 1 amide bonds. The summed E-state index contributed by atoms with van der Waals surface area (Å²) in [6, 6.07) is 9.32. The molecular weight excluding hydrogens is 210 g/mol. The van der Waals surface area contributed by atoms with Crippen molar-refractivity contribution >= 4 is 11.6 Å². The van der Waals surface area contributed by atoms with Gasteiger partial charge in [-0.3, -0.25) is 4.79 Å². The number of anilines is 1. The third-order valence-corrected chi connectivity index (χ3v) is 2.08. The maximum absolute atomic E-state index is 11.9. The molecule has 0 aliphatic heterocycles. The molecule has 2 heteroatoms. The number of carbonyl (C=O) groups excluding carboxylic acids is 1. The molecule has 0 unspecified atom stereocenters. The van der Waals surface area contributed by atoms with Crippen molar-refractivity contribution in [2.24, 2.45) is 0 Å². The van der Waals surface area contributed by atoms with Crippen LogP contribution in [0.5, 0.6) is 0 Å². The standard InChI is InChI=1S/C15H15NO/c1-3-5-10-13(9-4-2)15(17)16-14-11-7-6-8-12-14/h1,4,6-12H,5H2,2H3,(H,16,17)/b9-4-,13-10+. The second-order valence-corrected chi connectivity index (χ2v) is 3.39. The van der Waals surface area contributed by atoms with Gasteiger partial charge in [-0.1, -0.05) is 36.4 Å². The molecule has 0 spiro atoms. The Morgan fingerprint density at radius 2 is 2.12 bits per heavy atom. The van der Waals surface area contributed by atoms with E-state index in [4.69, 9.17) is 6.42 Å². The third kappa shape index (κ3) is 4.40. The molecule has 86 valence electrons. The Hall–Kier alpha value is -2.27. The molecule has 0 aliphatic rings. The van der Waals surface area contributed by atoms with Crippen LogP contribution in [0.3, 0.4) is 0 Å². The van der Waals surface area contributed by atoms with E-state index in [-0.39, 0.29) is 5.91 Å². The van der Waals surface area contributed by atoms with Crippen LogP contribution in [0, 0.1) is 12.3 Å². The highest BCUT2D eigenvalue weighted by Gasteiger charge is 2.05. The van der Waals surface area contributed by atoms with Gasteiger partial charge in [-0.05, 0) is 19.1 Å². The van der Waals surface area contributed by atoms with Crippen LogP contribution in [0.2, 0.25) is 0 Å². The van der Waals surface area contributed by atoms with E-state index in [0.717, 1.165) is 5.69 Å². The van der Waals surface area contributed by atoms with Crippen LogP contribution < -0.4 is 5.32 Å². The van der Waals surface area contributed by atoms with E-state index in [2.05, 4.69) is 11.2 Å². The summed E-state index contributed by atoms with van der Waals surface area (Å²) in [7, 11) is 0. The van der Waals surface area contributed by atoms with E-state index >= 15 is 0 Å². The minimum Gasteiger partial charge on any atom is -0.322 e. The molecule has 1 aromatic carbocycles. The van der Waals surface area contributed by atoms with Gasteiger partial charge in [0.05, 0.1) is 0 Å². The van der Waals surface area contributed by atoms with E-state index in [1.54, 1.807) is 12.2 Å². The van der Waals surface area contributed by atoms with Crippen molar-refractivity contribution in [1.29, 1.82) is 0 Å². The van der Waals surface area contributed by atoms with Gasteiger partial charge in [0.2, 0.25) is 0 Å². The first kappa shape index (κ1) is 12.8. The topological polar surface area (TPSA) is 29.1 Å². The largest absolute Gasteiger partial charge is 0.322 e. The number of hydrogen-bond donors (Lipinski definition) is 1. The molecule has 17 heavy (non-hydrogen) atoms. The number of hydrogen-bond acceptors (Lipinski definition) is 1. The maximum Gasteiger partial charge on any atom is 0.255 e. The van der Waals surface area contributed by atoms with Gasteiger partial charge in [-0.25, -0.2) is 0 Å². The highest BCUT2D eigenvalue weighted by Crippen LogP contribution is 2.08. The fourth-order valence-electron chi connectivity index (χ4n) is 1.31. The van der Waals surface area contributed by atoms with Crippen molar-refractivity contribution in [2.75, 3.05) is 5.32 Å². The lowest BCUT2D eigenvalue weighted by Gasteiger charge is -2.05. The first-order chi connectivity index (χ1) is 8.27. The Morgan fingerprint density at radius 1 is 1.41 bits per heavy atom. The van der Waals surface area contributed by atoms with Crippen LogP contribution in [-0.2, 0) is 4.79 Å². The highest BCUT2D eigenvalue weighted by molar-refractivity contribution is 6.05. The van der Waals surface area contributed by atoms with Crippen molar-refractivity contribution in [3.05, 3.63) is 54.1 Å². The normalized spacial score (nSPS) is 11.2. The first-order valence-corrected chi connectivity index (χ1v) is 5.40. The number of rotatable bonds is 4. The van der Waals surface area contributed by atoms with Crippen LogP contribution >= 0.6 is 0 Å².